The van der Waals surface area contributed by atoms with Crippen molar-refractivity contribution < 1.29 is 4.79 Å². The van der Waals surface area contributed by atoms with E-state index in [1.165, 1.54) is 0 Å². The van der Waals surface area contributed by atoms with E-state index in [0.29, 0.717) is 0 Å². The normalized spacial score (nSPS) is 10.4. The Bertz CT molecular complexity index is 727. The highest BCUT2D eigenvalue weighted by atomic mass is 16.1. The molecule has 3 rings (SSSR count). The molecule has 0 N–H and O–H groups in total. The number of ketones is 1. The Kier molecular flexibility index (Phi) is 3.17. The first-order valence-corrected chi connectivity index (χ1v) is 6.46. The highest BCUT2D eigenvalue weighted by Gasteiger charge is 2.07. The van der Waals surface area contributed by atoms with Crippen molar-refractivity contribution in [3.63, 3.8) is 0 Å². The summed E-state index contributed by atoms with van der Waals surface area (Å²) in [5, 5.41) is 4.37. The molecule has 0 aliphatic heterocycles. The summed E-state index contributed by atoms with van der Waals surface area (Å²) in [4.78, 5) is 11.3. The van der Waals surface area contributed by atoms with Crippen LogP contribution in [0.1, 0.15) is 17.3 Å². The molecule has 98 valence electrons. The topological polar surface area (TPSA) is 34.9 Å². The summed E-state index contributed by atoms with van der Waals surface area (Å²) in [5.41, 5.74) is 3.78. The number of Topliss-reactive ketones (excluding diaryl/α,β-unsaturated/α-hetero) is 1. The van der Waals surface area contributed by atoms with Crippen molar-refractivity contribution in [2.45, 2.75) is 6.92 Å². The standard InChI is InChI=1S/C17H14N2O/c1-13(20)14-7-9-15(10-8-14)17-11-12-18-19(17)16-5-3-2-4-6-16/h2-12H,1H3. The molecule has 1 heterocycles. The van der Waals surface area contributed by atoms with E-state index < -0.39 is 0 Å². The largest absolute Gasteiger partial charge is 0.295 e. The second-order valence-electron chi connectivity index (χ2n) is 4.60. The van der Waals surface area contributed by atoms with E-state index in [1.54, 1.807) is 13.1 Å². The van der Waals surface area contributed by atoms with E-state index in [4.69, 9.17) is 0 Å². The first-order valence-electron chi connectivity index (χ1n) is 6.46. The predicted octanol–water partition coefficient (Wildman–Crippen LogP) is 3.74. The molecule has 0 saturated heterocycles. The van der Waals surface area contributed by atoms with Gasteiger partial charge in [0.05, 0.1) is 17.6 Å². The molecule has 0 unspecified atom stereocenters. The predicted molar refractivity (Wildman–Crippen MR) is 79.0 cm³/mol. The number of para-hydroxylation sites is 1. The van der Waals surface area contributed by atoms with E-state index in [0.717, 1.165) is 22.5 Å². The third-order valence-corrected chi connectivity index (χ3v) is 3.23. The number of hydrogen-bond donors (Lipinski definition) is 0. The number of aromatic nitrogens is 2. The van der Waals surface area contributed by atoms with Crippen molar-refractivity contribution in [2.75, 3.05) is 0 Å². The molecule has 1 aromatic heterocycles. The molecule has 0 atom stereocenters. The monoisotopic (exact) mass is 262 g/mol. The fraction of sp³-hybridized carbons (Fsp3) is 0.0588. The van der Waals surface area contributed by atoms with Crippen LogP contribution >= 0.6 is 0 Å². The van der Waals surface area contributed by atoms with Crippen LogP contribution in [0.25, 0.3) is 16.9 Å². The minimum Gasteiger partial charge on any atom is -0.295 e. The highest BCUT2D eigenvalue weighted by molar-refractivity contribution is 5.94. The van der Waals surface area contributed by atoms with Crippen molar-refractivity contribution in [3.8, 4) is 16.9 Å². The Balaban J connectivity index is 2.04. The van der Waals surface area contributed by atoms with E-state index >= 15 is 0 Å². The molecule has 0 aliphatic rings. The van der Waals surface area contributed by atoms with Gasteiger partial charge in [0.1, 0.15) is 0 Å². The number of rotatable bonds is 3. The molecule has 0 saturated carbocycles. The van der Waals surface area contributed by atoms with Gasteiger partial charge in [-0.25, -0.2) is 4.68 Å². The van der Waals surface area contributed by atoms with Crippen molar-refractivity contribution in [2.24, 2.45) is 0 Å². The van der Waals surface area contributed by atoms with Gasteiger partial charge in [-0.15, -0.1) is 0 Å². The molecule has 3 heteroatoms. The molecule has 3 aromatic rings. The lowest BCUT2D eigenvalue weighted by Crippen LogP contribution is -1.98. The Morgan fingerprint density at radius 2 is 1.65 bits per heavy atom. The summed E-state index contributed by atoms with van der Waals surface area (Å²) < 4.78 is 1.89. The average Bonchev–Trinajstić information content (AvgIpc) is 2.97. The Hall–Kier alpha value is -2.68. The van der Waals surface area contributed by atoms with E-state index in [9.17, 15) is 4.79 Å². The highest BCUT2D eigenvalue weighted by Crippen LogP contribution is 2.22. The summed E-state index contributed by atoms with van der Waals surface area (Å²) in [5.74, 6) is 0.0770. The number of nitrogens with zero attached hydrogens (tertiary/aromatic N) is 2. The van der Waals surface area contributed by atoms with Crippen LogP contribution in [0.4, 0.5) is 0 Å². The SMILES string of the molecule is CC(=O)c1ccc(-c2ccnn2-c2ccccc2)cc1. The van der Waals surface area contributed by atoms with Gasteiger partial charge in [0.2, 0.25) is 0 Å². The lowest BCUT2D eigenvalue weighted by Gasteiger charge is -2.08. The Labute approximate surface area is 117 Å². The Morgan fingerprint density at radius 3 is 2.30 bits per heavy atom. The van der Waals surface area contributed by atoms with Crippen LogP contribution in [0.5, 0.6) is 0 Å². The number of carbonyl (C=O) groups is 1. The maximum Gasteiger partial charge on any atom is 0.159 e. The lowest BCUT2D eigenvalue weighted by molar-refractivity contribution is 0.101. The number of benzene rings is 2. The fourth-order valence-electron chi connectivity index (χ4n) is 2.17. The minimum atomic E-state index is 0.0770. The zero-order valence-corrected chi connectivity index (χ0v) is 11.2. The summed E-state index contributed by atoms with van der Waals surface area (Å²) in [6.07, 6.45) is 1.78. The van der Waals surface area contributed by atoms with Gasteiger partial charge in [-0.05, 0) is 25.1 Å². The van der Waals surface area contributed by atoms with E-state index in [2.05, 4.69) is 5.10 Å². The van der Waals surface area contributed by atoms with Crippen LogP contribution in [0.3, 0.4) is 0 Å². The summed E-state index contributed by atoms with van der Waals surface area (Å²) in [6.45, 7) is 1.57. The van der Waals surface area contributed by atoms with Gasteiger partial charge in [0, 0.05) is 11.1 Å². The molecular formula is C17H14N2O. The minimum absolute atomic E-state index is 0.0770. The van der Waals surface area contributed by atoms with Crippen molar-refractivity contribution >= 4 is 5.78 Å². The smallest absolute Gasteiger partial charge is 0.159 e. The van der Waals surface area contributed by atoms with Gasteiger partial charge in [-0.2, -0.15) is 5.10 Å². The maximum absolute atomic E-state index is 11.3. The van der Waals surface area contributed by atoms with Crippen LogP contribution in [-0.4, -0.2) is 15.6 Å². The van der Waals surface area contributed by atoms with Crippen molar-refractivity contribution in [1.29, 1.82) is 0 Å². The first-order chi connectivity index (χ1) is 9.75. The van der Waals surface area contributed by atoms with Gasteiger partial charge in [-0.1, -0.05) is 42.5 Å². The summed E-state index contributed by atoms with van der Waals surface area (Å²) in [6, 6.07) is 19.5. The quantitative estimate of drug-likeness (QED) is 0.674. The molecular weight excluding hydrogens is 248 g/mol. The van der Waals surface area contributed by atoms with Crippen LogP contribution in [-0.2, 0) is 0 Å². The van der Waals surface area contributed by atoms with Gasteiger partial charge < -0.3 is 0 Å². The zero-order valence-electron chi connectivity index (χ0n) is 11.2. The van der Waals surface area contributed by atoms with E-state index in [-0.39, 0.29) is 5.78 Å². The molecule has 0 fully saturated rings. The first kappa shape index (κ1) is 12.4. The molecule has 0 aliphatic carbocycles. The maximum atomic E-state index is 11.3. The van der Waals surface area contributed by atoms with Crippen molar-refractivity contribution in [3.05, 3.63) is 72.4 Å². The van der Waals surface area contributed by atoms with Crippen LogP contribution in [0.2, 0.25) is 0 Å². The Morgan fingerprint density at radius 1 is 0.950 bits per heavy atom. The van der Waals surface area contributed by atoms with Crippen LogP contribution in [0, 0.1) is 0 Å². The van der Waals surface area contributed by atoms with Gasteiger partial charge in [0.25, 0.3) is 0 Å². The molecule has 3 nitrogen and oxygen atoms in total. The van der Waals surface area contributed by atoms with Gasteiger partial charge >= 0.3 is 0 Å². The second-order valence-corrected chi connectivity index (χ2v) is 4.60. The molecule has 0 bridgehead atoms. The van der Waals surface area contributed by atoms with Crippen molar-refractivity contribution in [1.82, 2.24) is 9.78 Å². The number of hydrogen-bond acceptors (Lipinski definition) is 2. The molecule has 0 amide bonds. The third-order valence-electron chi connectivity index (χ3n) is 3.23. The van der Waals surface area contributed by atoms with E-state index in [1.807, 2.05) is 65.3 Å². The third kappa shape index (κ3) is 2.26. The molecule has 0 spiro atoms. The van der Waals surface area contributed by atoms with Gasteiger partial charge in [-0.3, -0.25) is 4.79 Å². The molecule has 0 radical (unpaired) electrons. The summed E-state index contributed by atoms with van der Waals surface area (Å²) in [7, 11) is 0. The molecule has 2 aromatic carbocycles. The zero-order chi connectivity index (χ0) is 13.9. The fourth-order valence-corrected chi connectivity index (χ4v) is 2.17. The van der Waals surface area contributed by atoms with Gasteiger partial charge in [0.15, 0.2) is 5.78 Å². The van der Waals surface area contributed by atoms with Crippen LogP contribution in [0.15, 0.2) is 66.9 Å². The van der Waals surface area contributed by atoms with Crippen LogP contribution < -0.4 is 0 Å². The number of carbonyl (C=O) groups excluding carboxylic acids is 1. The summed E-state index contributed by atoms with van der Waals surface area (Å²) >= 11 is 0. The second kappa shape index (κ2) is 5.13. The molecule has 20 heavy (non-hydrogen) atoms. The average molecular weight is 262 g/mol. The lowest BCUT2D eigenvalue weighted by atomic mass is 10.1.